The second-order valence-electron chi connectivity index (χ2n) is 7.10. The molecule has 0 unspecified atom stereocenters. The summed E-state index contributed by atoms with van der Waals surface area (Å²) in [6, 6.07) is 0. The van der Waals surface area contributed by atoms with Crippen LogP contribution in [0.3, 0.4) is 0 Å². The molecular weight excluding hydrogens is 290 g/mol. The van der Waals surface area contributed by atoms with Crippen LogP contribution in [0.25, 0.3) is 0 Å². The number of carbonyl (C=O) groups excluding carboxylic acids is 2. The van der Waals surface area contributed by atoms with Crippen LogP contribution in [0.15, 0.2) is 0 Å². The summed E-state index contributed by atoms with van der Waals surface area (Å²) in [6.07, 6.45) is 8.12. The molecule has 4 nitrogen and oxygen atoms in total. The van der Waals surface area contributed by atoms with Crippen LogP contribution in [0.2, 0.25) is 0 Å². The lowest BCUT2D eigenvalue weighted by Crippen LogP contribution is -2.37. The lowest BCUT2D eigenvalue weighted by atomic mass is 9.84. The van der Waals surface area contributed by atoms with E-state index in [0.717, 1.165) is 44.9 Å². The number of ketones is 1. The molecule has 1 aliphatic rings. The summed E-state index contributed by atoms with van der Waals surface area (Å²) >= 11 is 0. The van der Waals surface area contributed by atoms with Gasteiger partial charge in [-0.15, -0.1) is 0 Å². The molecule has 1 heterocycles. The van der Waals surface area contributed by atoms with Gasteiger partial charge in [-0.3, -0.25) is 9.59 Å². The number of amides is 1. The fourth-order valence-corrected chi connectivity index (χ4v) is 3.58. The number of rotatable bonds is 3. The number of nitrogens with one attached hydrogen (secondary N) is 1. The first kappa shape index (κ1) is 20.1. The molecule has 0 aromatic heterocycles. The molecule has 0 radical (unpaired) electrons. The van der Waals surface area contributed by atoms with E-state index in [1.807, 2.05) is 13.8 Å². The third-order valence-corrected chi connectivity index (χ3v) is 5.52. The highest BCUT2D eigenvalue weighted by Crippen LogP contribution is 2.28. The van der Waals surface area contributed by atoms with Crippen LogP contribution >= 0.6 is 0 Å². The minimum atomic E-state index is -0.604. The van der Waals surface area contributed by atoms with Gasteiger partial charge in [0.1, 0.15) is 5.78 Å². The molecule has 0 spiro atoms. The van der Waals surface area contributed by atoms with E-state index in [9.17, 15) is 14.7 Å². The first-order valence-electron chi connectivity index (χ1n) is 9.48. The predicted molar refractivity (Wildman–Crippen MR) is 93.1 cm³/mol. The maximum absolute atomic E-state index is 12.3. The minimum Gasteiger partial charge on any atom is -0.390 e. The average Bonchev–Trinajstić information content (AvgIpc) is 2.54. The van der Waals surface area contributed by atoms with Crippen molar-refractivity contribution in [3.63, 3.8) is 0 Å². The highest BCUT2D eigenvalue weighted by molar-refractivity contribution is 6.01. The summed E-state index contributed by atoms with van der Waals surface area (Å²) in [4.78, 5) is 24.5. The van der Waals surface area contributed by atoms with Gasteiger partial charge in [-0.2, -0.15) is 0 Å². The Kier molecular flexibility index (Phi) is 8.82. The normalized spacial score (nSPS) is 32.2. The van der Waals surface area contributed by atoms with Crippen LogP contribution in [0.4, 0.5) is 0 Å². The van der Waals surface area contributed by atoms with E-state index < -0.39 is 11.5 Å². The molecule has 4 heteroatoms. The third-order valence-electron chi connectivity index (χ3n) is 5.52. The van der Waals surface area contributed by atoms with Crippen LogP contribution in [0.5, 0.6) is 0 Å². The van der Waals surface area contributed by atoms with Gasteiger partial charge in [0.2, 0.25) is 5.91 Å². The maximum Gasteiger partial charge on any atom is 0.230 e. The molecule has 0 aromatic carbocycles. The topological polar surface area (TPSA) is 66.4 Å². The van der Waals surface area contributed by atoms with Crippen molar-refractivity contribution in [2.45, 2.75) is 90.6 Å². The van der Waals surface area contributed by atoms with Gasteiger partial charge in [0.25, 0.3) is 0 Å². The Hall–Kier alpha value is -0.900. The van der Waals surface area contributed by atoms with Crippen molar-refractivity contribution in [3.8, 4) is 0 Å². The van der Waals surface area contributed by atoms with E-state index in [1.165, 1.54) is 0 Å². The Morgan fingerprint density at radius 1 is 1.09 bits per heavy atom. The predicted octanol–water partition coefficient (Wildman–Crippen LogP) is 3.61. The molecular formula is C19H35NO3. The monoisotopic (exact) mass is 325 g/mol. The van der Waals surface area contributed by atoms with Crippen LogP contribution in [0.1, 0.15) is 85.0 Å². The van der Waals surface area contributed by atoms with E-state index in [0.29, 0.717) is 31.7 Å². The van der Waals surface area contributed by atoms with Crippen molar-refractivity contribution >= 4 is 11.7 Å². The highest BCUT2D eigenvalue weighted by atomic mass is 16.3. The Morgan fingerprint density at radius 3 is 2.39 bits per heavy atom. The first-order valence-corrected chi connectivity index (χ1v) is 9.48. The number of hydrogen-bond acceptors (Lipinski definition) is 3. The van der Waals surface area contributed by atoms with Gasteiger partial charge in [-0.05, 0) is 44.4 Å². The van der Waals surface area contributed by atoms with Crippen LogP contribution in [0, 0.1) is 11.8 Å². The quantitative estimate of drug-likeness (QED) is 0.779. The van der Waals surface area contributed by atoms with Gasteiger partial charge in [-0.25, -0.2) is 0 Å². The third kappa shape index (κ3) is 6.62. The Bertz CT molecular complexity index is 383. The van der Waals surface area contributed by atoms with Gasteiger partial charge in [0.15, 0.2) is 0 Å². The second kappa shape index (κ2) is 10.1. The molecule has 0 saturated carbocycles. The smallest absolute Gasteiger partial charge is 0.230 e. The lowest BCUT2D eigenvalue weighted by molar-refractivity contribution is -0.134. The van der Waals surface area contributed by atoms with Crippen molar-refractivity contribution in [2.75, 3.05) is 6.54 Å². The van der Waals surface area contributed by atoms with E-state index >= 15 is 0 Å². The SMILES string of the molecule is CC[C@@H]1CCC[C@](O)(CC)CCCNC(=O)[C@H](CC)C(=O)CC1. The van der Waals surface area contributed by atoms with Gasteiger partial charge < -0.3 is 10.4 Å². The molecule has 0 aliphatic carbocycles. The largest absolute Gasteiger partial charge is 0.390 e. The van der Waals surface area contributed by atoms with E-state index in [-0.39, 0.29) is 11.7 Å². The number of hydrogen-bond donors (Lipinski definition) is 2. The second-order valence-corrected chi connectivity index (χ2v) is 7.10. The van der Waals surface area contributed by atoms with Crippen molar-refractivity contribution in [1.29, 1.82) is 0 Å². The Labute approximate surface area is 141 Å². The summed E-state index contributed by atoms with van der Waals surface area (Å²) < 4.78 is 0. The van der Waals surface area contributed by atoms with Crippen molar-refractivity contribution in [3.05, 3.63) is 0 Å². The van der Waals surface area contributed by atoms with Gasteiger partial charge >= 0.3 is 0 Å². The van der Waals surface area contributed by atoms with Crippen LogP contribution < -0.4 is 5.32 Å². The van der Waals surface area contributed by atoms with E-state index in [4.69, 9.17) is 0 Å². The molecule has 1 rings (SSSR count). The van der Waals surface area contributed by atoms with E-state index in [1.54, 1.807) is 0 Å². The number of aliphatic hydroxyl groups is 1. The minimum absolute atomic E-state index is 0.0885. The van der Waals surface area contributed by atoms with Gasteiger partial charge in [0.05, 0.1) is 11.5 Å². The molecule has 0 bridgehead atoms. The molecule has 1 saturated heterocycles. The molecule has 23 heavy (non-hydrogen) atoms. The summed E-state index contributed by atoms with van der Waals surface area (Å²) in [5.41, 5.74) is -0.604. The molecule has 0 aromatic rings. The van der Waals surface area contributed by atoms with Crippen LogP contribution in [-0.4, -0.2) is 28.9 Å². The number of carbonyl (C=O) groups is 2. The molecule has 1 amide bonds. The maximum atomic E-state index is 12.3. The van der Waals surface area contributed by atoms with Crippen molar-refractivity contribution in [1.82, 2.24) is 5.32 Å². The summed E-state index contributed by atoms with van der Waals surface area (Å²) in [7, 11) is 0. The van der Waals surface area contributed by atoms with Crippen molar-refractivity contribution in [2.24, 2.45) is 11.8 Å². The van der Waals surface area contributed by atoms with E-state index in [2.05, 4.69) is 12.2 Å². The average molecular weight is 325 g/mol. The van der Waals surface area contributed by atoms with Gasteiger partial charge in [0, 0.05) is 13.0 Å². The molecule has 1 fully saturated rings. The zero-order valence-electron chi connectivity index (χ0n) is 15.2. The lowest BCUT2D eigenvalue weighted by Gasteiger charge is -2.28. The Morgan fingerprint density at radius 2 is 1.78 bits per heavy atom. The zero-order valence-corrected chi connectivity index (χ0v) is 15.2. The zero-order chi connectivity index (χ0) is 17.3. The first-order chi connectivity index (χ1) is 11.0. The number of Topliss-reactive ketones (excluding diaryl/α,β-unsaturated/α-hetero) is 1. The fourth-order valence-electron chi connectivity index (χ4n) is 3.58. The molecule has 3 atom stereocenters. The summed E-state index contributed by atoms with van der Waals surface area (Å²) in [5.74, 6) is -0.0303. The van der Waals surface area contributed by atoms with Crippen molar-refractivity contribution < 1.29 is 14.7 Å². The van der Waals surface area contributed by atoms with Crippen LogP contribution in [-0.2, 0) is 9.59 Å². The van der Waals surface area contributed by atoms with Gasteiger partial charge in [-0.1, -0.05) is 40.0 Å². The summed E-state index contributed by atoms with van der Waals surface area (Å²) in [5, 5.41) is 13.6. The molecule has 134 valence electrons. The molecule has 2 N–H and O–H groups in total. The molecule has 1 aliphatic heterocycles. The Balaban J connectivity index is 2.76. The summed E-state index contributed by atoms with van der Waals surface area (Å²) in [6.45, 7) is 6.64. The fraction of sp³-hybridized carbons (Fsp3) is 0.895. The standard InChI is InChI=1S/C19H35NO3/c1-4-15-9-7-12-19(23,6-3)13-8-14-20-18(22)16(5-2)17(21)11-10-15/h15-16,23H,4-14H2,1-3H3,(H,20,22)/t15-,16-,19-/m1/s1. The highest BCUT2D eigenvalue weighted by Gasteiger charge is 2.27.